The van der Waals surface area contributed by atoms with Gasteiger partial charge in [0.2, 0.25) is 11.5 Å². The SMILES string of the molecule is CN(CC1CCCCO1)C(=O)CCCOc1ccc2[nH]c(=O)ccc2c1. The van der Waals surface area contributed by atoms with Crippen LogP contribution in [0.1, 0.15) is 32.1 Å². The third kappa shape index (κ3) is 5.08. The third-order valence-electron chi connectivity index (χ3n) is 4.68. The smallest absolute Gasteiger partial charge is 0.248 e. The van der Waals surface area contributed by atoms with E-state index in [9.17, 15) is 9.59 Å². The predicted molar refractivity (Wildman–Crippen MR) is 101 cm³/mol. The number of pyridine rings is 1. The number of H-pyrrole nitrogens is 1. The van der Waals surface area contributed by atoms with Crippen LogP contribution in [0, 0.1) is 0 Å². The first-order chi connectivity index (χ1) is 12.6. The van der Waals surface area contributed by atoms with Gasteiger partial charge in [-0.25, -0.2) is 0 Å². The van der Waals surface area contributed by atoms with Crippen LogP contribution in [0.2, 0.25) is 0 Å². The van der Waals surface area contributed by atoms with Crippen LogP contribution in [0.15, 0.2) is 35.1 Å². The predicted octanol–water partition coefficient (Wildman–Crippen LogP) is 2.71. The number of fused-ring (bicyclic) bond motifs is 1. The number of rotatable bonds is 7. The van der Waals surface area contributed by atoms with E-state index in [4.69, 9.17) is 9.47 Å². The second kappa shape index (κ2) is 8.85. The molecule has 1 atom stereocenters. The van der Waals surface area contributed by atoms with Crippen LogP contribution in [0.3, 0.4) is 0 Å². The van der Waals surface area contributed by atoms with E-state index < -0.39 is 0 Å². The summed E-state index contributed by atoms with van der Waals surface area (Å²) in [5.74, 6) is 0.861. The molecule has 0 spiro atoms. The summed E-state index contributed by atoms with van der Waals surface area (Å²) in [6.07, 6.45) is 4.64. The molecule has 1 aliphatic heterocycles. The van der Waals surface area contributed by atoms with Gasteiger partial charge in [-0.3, -0.25) is 9.59 Å². The van der Waals surface area contributed by atoms with Gasteiger partial charge in [0, 0.05) is 43.6 Å². The molecule has 26 heavy (non-hydrogen) atoms. The molecule has 1 saturated heterocycles. The Hall–Kier alpha value is -2.34. The van der Waals surface area contributed by atoms with Crippen molar-refractivity contribution in [1.29, 1.82) is 0 Å². The highest BCUT2D eigenvalue weighted by Gasteiger charge is 2.18. The van der Waals surface area contributed by atoms with E-state index in [0.29, 0.717) is 26.0 Å². The maximum Gasteiger partial charge on any atom is 0.248 e. The standard InChI is InChI=1S/C20H26N2O4/c1-22(14-17-5-2-3-11-26-17)20(24)6-4-12-25-16-8-9-18-15(13-16)7-10-19(23)21-18/h7-10,13,17H,2-6,11-12,14H2,1H3,(H,21,23). The van der Waals surface area contributed by atoms with Gasteiger partial charge in [0.15, 0.2) is 0 Å². The van der Waals surface area contributed by atoms with Gasteiger partial charge in [-0.05, 0) is 49.9 Å². The average molecular weight is 358 g/mol. The number of likely N-dealkylation sites (N-methyl/N-ethyl adjacent to an activating group) is 1. The molecule has 0 aliphatic carbocycles. The van der Waals surface area contributed by atoms with Crippen molar-refractivity contribution < 1.29 is 14.3 Å². The fourth-order valence-corrected chi connectivity index (χ4v) is 3.19. The second-order valence-electron chi connectivity index (χ2n) is 6.79. The van der Waals surface area contributed by atoms with Gasteiger partial charge in [-0.1, -0.05) is 0 Å². The lowest BCUT2D eigenvalue weighted by atomic mass is 10.1. The molecule has 1 unspecified atom stereocenters. The Morgan fingerprint density at radius 3 is 3.00 bits per heavy atom. The molecule has 6 nitrogen and oxygen atoms in total. The highest BCUT2D eigenvalue weighted by Crippen LogP contribution is 2.18. The van der Waals surface area contributed by atoms with Crippen molar-refractivity contribution in [3.63, 3.8) is 0 Å². The fourth-order valence-electron chi connectivity index (χ4n) is 3.19. The van der Waals surface area contributed by atoms with Crippen molar-refractivity contribution >= 4 is 16.8 Å². The van der Waals surface area contributed by atoms with E-state index in [-0.39, 0.29) is 17.6 Å². The van der Waals surface area contributed by atoms with E-state index in [1.165, 1.54) is 12.5 Å². The first-order valence-corrected chi connectivity index (χ1v) is 9.23. The number of nitrogens with zero attached hydrogens (tertiary/aromatic N) is 1. The molecule has 1 aromatic heterocycles. The molecular weight excluding hydrogens is 332 g/mol. The lowest BCUT2D eigenvalue weighted by Gasteiger charge is -2.27. The summed E-state index contributed by atoms with van der Waals surface area (Å²) in [5.41, 5.74) is 0.666. The lowest BCUT2D eigenvalue weighted by Crippen LogP contribution is -2.37. The van der Waals surface area contributed by atoms with Gasteiger partial charge in [-0.2, -0.15) is 0 Å². The molecule has 3 rings (SSSR count). The molecule has 0 radical (unpaired) electrons. The number of ether oxygens (including phenoxy) is 2. The summed E-state index contributed by atoms with van der Waals surface area (Å²) in [7, 11) is 1.84. The maximum atomic E-state index is 12.2. The molecule has 1 fully saturated rings. The molecule has 2 aromatic rings. The summed E-state index contributed by atoms with van der Waals surface area (Å²) in [5, 5.41) is 0.922. The largest absolute Gasteiger partial charge is 0.494 e. The first kappa shape index (κ1) is 18.5. The Kier molecular flexibility index (Phi) is 6.28. The van der Waals surface area contributed by atoms with Crippen LogP contribution in [0.4, 0.5) is 0 Å². The number of amides is 1. The minimum Gasteiger partial charge on any atom is -0.494 e. The van der Waals surface area contributed by atoms with Crippen LogP contribution in [-0.2, 0) is 9.53 Å². The van der Waals surface area contributed by atoms with Crippen molar-refractivity contribution in [2.45, 2.75) is 38.2 Å². The van der Waals surface area contributed by atoms with E-state index in [2.05, 4.69) is 4.98 Å². The number of carbonyl (C=O) groups is 1. The average Bonchev–Trinajstić information content (AvgIpc) is 2.65. The van der Waals surface area contributed by atoms with Crippen LogP contribution >= 0.6 is 0 Å². The van der Waals surface area contributed by atoms with Gasteiger partial charge in [0.25, 0.3) is 0 Å². The van der Waals surface area contributed by atoms with E-state index in [1.807, 2.05) is 25.2 Å². The van der Waals surface area contributed by atoms with E-state index >= 15 is 0 Å². The molecule has 1 N–H and O–H groups in total. The monoisotopic (exact) mass is 358 g/mol. The molecule has 140 valence electrons. The van der Waals surface area contributed by atoms with Gasteiger partial charge in [0.05, 0.1) is 12.7 Å². The number of nitrogens with one attached hydrogen (secondary N) is 1. The fraction of sp³-hybridized carbons (Fsp3) is 0.500. The summed E-state index contributed by atoms with van der Waals surface area (Å²) in [6.45, 7) is 1.96. The molecule has 2 heterocycles. The Morgan fingerprint density at radius 1 is 1.31 bits per heavy atom. The summed E-state index contributed by atoms with van der Waals surface area (Å²) in [6, 6.07) is 8.81. The third-order valence-corrected chi connectivity index (χ3v) is 4.68. The second-order valence-corrected chi connectivity index (χ2v) is 6.79. The zero-order valence-electron chi connectivity index (χ0n) is 15.2. The van der Waals surface area contributed by atoms with Gasteiger partial charge in [0.1, 0.15) is 5.75 Å². The first-order valence-electron chi connectivity index (χ1n) is 9.23. The quantitative estimate of drug-likeness (QED) is 0.773. The topological polar surface area (TPSA) is 71.6 Å². The van der Waals surface area contributed by atoms with Crippen molar-refractivity contribution in [3.05, 3.63) is 40.7 Å². The van der Waals surface area contributed by atoms with Crippen molar-refractivity contribution in [3.8, 4) is 5.75 Å². The van der Waals surface area contributed by atoms with Crippen molar-refractivity contribution in [1.82, 2.24) is 9.88 Å². The Labute approximate surface area is 153 Å². The molecule has 0 bridgehead atoms. The molecule has 1 amide bonds. The van der Waals surface area contributed by atoms with E-state index in [1.54, 1.807) is 11.0 Å². The molecule has 6 heteroatoms. The zero-order valence-corrected chi connectivity index (χ0v) is 15.2. The van der Waals surface area contributed by atoms with Crippen molar-refractivity contribution in [2.24, 2.45) is 0 Å². The van der Waals surface area contributed by atoms with Crippen LogP contribution in [0.5, 0.6) is 5.75 Å². The zero-order chi connectivity index (χ0) is 18.4. The highest BCUT2D eigenvalue weighted by molar-refractivity contribution is 5.79. The van der Waals surface area contributed by atoms with Crippen LogP contribution < -0.4 is 10.3 Å². The van der Waals surface area contributed by atoms with Gasteiger partial charge < -0.3 is 19.4 Å². The number of hydrogen-bond donors (Lipinski definition) is 1. The number of hydrogen-bond acceptors (Lipinski definition) is 4. The van der Waals surface area contributed by atoms with Crippen molar-refractivity contribution in [2.75, 3.05) is 26.8 Å². The normalized spacial score (nSPS) is 17.2. The number of carbonyl (C=O) groups excluding carboxylic acids is 1. The highest BCUT2D eigenvalue weighted by atomic mass is 16.5. The minimum atomic E-state index is -0.118. The van der Waals surface area contributed by atoms with Crippen LogP contribution in [-0.4, -0.2) is 48.7 Å². The molecular formula is C20H26N2O4. The summed E-state index contributed by atoms with van der Waals surface area (Å²) < 4.78 is 11.4. The Bertz CT molecular complexity index is 796. The molecule has 1 aromatic carbocycles. The Balaban J connectivity index is 1.41. The van der Waals surface area contributed by atoms with E-state index in [0.717, 1.165) is 36.1 Å². The molecule has 0 saturated carbocycles. The summed E-state index contributed by atoms with van der Waals surface area (Å²) >= 11 is 0. The number of aromatic nitrogens is 1. The van der Waals surface area contributed by atoms with Crippen LogP contribution in [0.25, 0.3) is 10.9 Å². The molecule has 1 aliphatic rings. The lowest BCUT2D eigenvalue weighted by molar-refractivity contribution is -0.132. The van der Waals surface area contributed by atoms with Gasteiger partial charge >= 0.3 is 0 Å². The number of aromatic amines is 1. The number of benzene rings is 1. The van der Waals surface area contributed by atoms with Gasteiger partial charge in [-0.15, -0.1) is 0 Å². The Morgan fingerprint density at radius 2 is 2.19 bits per heavy atom. The maximum absolute atomic E-state index is 12.2. The summed E-state index contributed by atoms with van der Waals surface area (Å²) in [4.78, 5) is 28.0. The minimum absolute atomic E-state index is 0.118.